The molecule has 1 unspecified atom stereocenters. The number of fused-ring (bicyclic) bond motifs is 1. The Bertz CT molecular complexity index is 329. The van der Waals surface area contributed by atoms with E-state index in [0.29, 0.717) is 5.92 Å². The molecule has 0 bridgehead atoms. The molecule has 1 aliphatic rings. The summed E-state index contributed by atoms with van der Waals surface area (Å²) in [5.41, 5.74) is 6.06. The Morgan fingerprint density at radius 3 is 2.87 bits per heavy atom. The van der Waals surface area contributed by atoms with Crippen LogP contribution in [0.5, 0.6) is 0 Å². The maximum absolute atomic E-state index is 6.06. The van der Waals surface area contributed by atoms with Gasteiger partial charge in [-0.25, -0.2) is 0 Å². The minimum Gasteiger partial charge on any atom is -0.327 e. The van der Waals surface area contributed by atoms with Gasteiger partial charge in [0.05, 0.1) is 0 Å². The molecule has 0 fully saturated rings. The van der Waals surface area contributed by atoms with E-state index < -0.39 is 0 Å². The van der Waals surface area contributed by atoms with E-state index in [4.69, 9.17) is 5.73 Å². The van der Waals surface area contributed by atoms with Gasteiger partial charge >= 0.3 is 0 Å². The Labute approximate surface area is 90.9 Å². The van der Waals surface area contributed by atoms with Crippen molar-refractivity contribution in [1.82, 2.24) is 14.8 Å². The van der Waals surface area contributed by atoms with Crippen LogP contribution in [0.15, 0.2) is 0 Å². The van der Waals surface area contributed by atoms with Crippen LogP contribution in [0.25, 0.3) is 0 Å². The second-order valence-electron chi connectivity index (χ2n) is 4.75. The van der Waals surface area contributed by atoms with Crippen molar-refractivity contribution in [1.29, 1.82) is 0 Å². The monoisotopic (exact) mass is 208 g/mol. The van der Waals surface area contributed by atoms with Crippen LogP contribution in [0.1, 0.15) is 38.3 Å². The van der Waals surface area contributed by atoms with Crippen LogP contribution in [0, 0.1) is 5.92 Å². The molecule has 0 saturated carbocycles. The molecule has 0 aromatic carbocycles. The van der Waals surface area contributed by atoms with E-state index in [-0.39, 0.29) is 6.04 Å². The van der Waals surface area contributed by atoms with Gasteiger partial charge in [-0.05, 0) is 18.8 Å². The normalized spacial score (nSPS) is 17.9. The van der Waals surface area contributed by atoms with Gasteiger partial charge in [-0.2, -0.15) is 0 Å². The summed E-state index contributed by atoms with van der Waals surface area (Å²) in [4.78, 5) is 0. The molecule has 4 heteroatoms. The Morgan fingerprint density at radius 2 is 2.13 bits per heavy atom. The minimum absolute atomic E-state index is 0.195. The molecule has 4 nitrogen and oxygen atoms in total. The topological polar surface area (TPSA) is 56.7 Å². The molecule has 0 spiro atoms. The standard InChI is InChI=1S/C11H20N4/c1-8(2)9(12)7-11-14-13-10-5-3-4-6-15(10)11/h8-9H,3-7,12H2,1-2H3. The lowest BCUT2D eigenvalue weighted by Crippen LogP contribution is -2.30. The van der Waals surface area contributed by atoms with E-state index in [0.717, 1.165) is 31.0 Å². The van der Waals surface area contributed by atoms with E-state index in [1.54, 1.807) is 0 Å². The third kappa shape index (κ3) is 2.20. The quantitative estimate of drug-likeness (QED) is 0.810. The number of rotatable bonds is 3. The van der Waals surface area contributed by atoms with E-state index in [1.165, 1.54) is 12.8 Å². The first kappa shape index (κ1) is 10.6. The van der Waals surface area contributed by atoms with Crippen LogP contribution in [0.2, 0.25) is 0 Å². The molecule has 1 atom stereocenters. The minimum atomic E-state index is 0.195. The Balaban J connectivity index is 2.11. The fraction of sp³-hybridized carbons (Fsp3) is 0.818. The Kier molecular flexibility index (Phi) is 3.05. The summed E-state index contributed by atoms with van der Waals surface area (Å²) in [6.07, 6.45) is 4.41. The average Bonchev–Trinajstić information content (AvgIpc) is 2.62. The predicted octanol–water partition coefficient (Wildman–Crippen LogP) is 1.14. The lowest BCUT2D eigenvalue weighted by molar-refractivity contribution is 0.454. The number of hydrogen-bond acceptors (Lipinski definition) is 3. The molecule has 1 aromatic heterocycles. The molecule has 2 N–H and O–H groups in total. The van der Waals surface area contributed by atoms with Crippen molar-refractivity contribution < 1.29 is 0 Å². The van der Waals surface area contributed by atoms with E-state index in [1.807, 2.05) is 0 Å². The number of nitrogens with zero attached hydrogens (tertiary/aromatic N) is 3. The van der Waals surface area contributed by atoms with Crippen LogP contribution in [-0.4, -0.2) is 20.8 Å². The lowest BCUT2D eigenvalue weighted by Gasteiger charge is -2.18. The van der Waals surface area contributed by atoms with Gasteiger partial charge in [0.2, 0.25) is 0 Å². The molecule has 0 saturated heterocycles. The molecule has 2 rings (SSSR count). The summed E-state index contributed by atoms with van der Waals surface area (Å²) in [6, 6.07) is 0.195. The van der Waals surface area contributed by atoms with Gasteiger partial charge in [0.15, 0.2) is 0 Å². The zero-order chi connectivity index (χ0) is 10.8. The average molecular weight is 208 g/mol. The van der Waals surface area contributed by atoms with Crippen molar-refractivity contribution in [3.05, 3.63) is 11.6 Å². The number of aromatic nitrogens is 3. The largest absolute Gasteiger partial charge is 0.327 e. The lowest BCUT2D eigenvalue weighted by atomic mass is 10.0. The van der Waals surface area contributed by atoms with Gasteiger partial charge in [-0.3, -0.25) is 0 Å². The van der Waals surface area contributed by atoms with Crippen molar-refractivity contribution in [2.24, 2.45) is 11.7 Å². The molecule has 84 valence electrons. The molecular weight excluding hydrogens is 188 g/mol. The third-order valence-corrected chi connectivity index (χ3v) is 3.21. The first-order valence-corrected chi connectivity index (χ1v) is 5.85. The van der Waals surface area contributed by atoms with Gasteiger partial charge in [-0.15, -0.1) is 10.2 Å². The summed E-state index contributed by atoms with van der Waals surface area (Å²) < 4.78 is 2.26. The zero-order valence-electron chi connectivity index (χ0n) is 9.61. The highest BCUT2D eigenvalue weighted by molar-refractivity contribution is 5.00. The highest BCUT2D eigenvalue weighted by Gasteiger charge is 2.18. The summed E-state index contributed by atoms with van der Waals surface area (Å²) in [5.74, 6) is 2.72. The fourth-order valence-corrected chi connectivity index (χ4v) is 1.97. The maximum Gasteiger partial charge on any atom is 0.134 e. The van der Waals surface area contributed by atoms with Crippen LogP contribution >= 0.6 is 0 Å². The van der Waals surface area contributed by atoms with Crippen LogP contribution in [-0.2, 0) is 19.4 Å². The van der Waals surface area contributed by atoms with Crippen molar-refractivity contribution in [2.75, 3.05) is 0 Å². The SMILES string of the molecule is CC(C)C(N)Cc1nnc2n1CCCC2. The first-order chi connectivity index (χ1) is 7.18. The molecule has 15 heavy (non-hydrogen) atoms. The molecule has 2 heterocycles. The predicted molar refractivity (Wildman–Crippen MR) is 59.5 cm³/mol. The van der Waals surface area contributed by atoms with Crippen molar-refractivity contribution in [3.63, 3.8) is 0 Å². The van der Waals surface area contributed by atoms with E-state index >= 15 is 0 Å². The Hall–Kier alpha value is -0.900. The van der Waals surface area contributed by atoms with Crippen molar-refractivity contribution in [2.45, 2.75) is 52.1 Å². The first-order valence-electron chi connectivity index (χ1n) is 5.85. The van der Waals surface area contributed by atoms with Gasteiger partial charge < -0.3 is 10.3 Å². The van der Waals surface area contributed by atoms with Crippen molar-refractivity contribution >= 4 is 0 Å². The maximum atomic E-state index is 6.06. The highest BCUT2D eigenvalue weighted by Crippen LogP contribution is 2.16. The number of nitrogens with two attached hydrogens (primary N) is 1. The van der Waals surface area contributed by atoms with Crippen LogP contribution < -0.4 is 5.73 Å². The van der Waals surface area contributed by atoms with Gasteiger partial charge in [0.25, 0.3) is 0 Å². The van der Waals surface area contributed by atoms with Gasteiger partial charge in [-0.1, -0.05) is 13.8 Å². The van der Waals surface area contributed by atoms with E-state index in [2.05, 4.69) is 28.6 Å². The number of hydrogen-bond donors (Lipinski definition) is 1. The van der Waals surface area contributed by atoms with Crippen LogP contribution in [0.4, 0.5) is 0 Å². The smallest absolute Gasteiger partial charge is 0.134 e. The third-order valence-electron chi connectivity index (χ3n) is 3.21. The Morgan fingerprint density at radius 1 is 1.33 bits per heavy atom. The molecule has 0 aliphatic carbocycles. The summed E-state index contributed by atoms with van der Waals surface area (Å²) in [5, 5.41) is 8.48. The van der Waals surface area contributed by atoms with Gasteiger partial charge in [0, 0.05) is 25.4 Å². The molecule has 0 amide bonds. The summed E-state index contributed by atoms with van der Waals surface area (Å²) in [7, 11) is 0. The van der Waals surface area contributed by atoms with Gasteiger partial charge in [0.1, 0.15) is 11.6 Å². The van der Waals surface area contributed by atoms with E-state index in [9.17, 15) is 0 Å². The molecule has 0 radical (unpaired) electrons. The molecular formula is C11H20N4. The summed E-state index contributed by atoms with van der Waals surface area (Å²) in [6.45, 7) is 5.37. The zero-order valence-corrected chi connectivity index (χ0v) is 9.61. The fourth-order valence-electron chi connectivity index (χ4n) is 1.97. The number of aryl methyl sites for hydroxylation is 1. The second kappa shape index (κ2) is 4.31. The second-order valence-corrected chi connectivity index (χ2v) is 4.75. The highest BCUT2D eigenvalue weighted by atomic mass is 15.3. The van der Waals surface area contributed by atoms with Crippen molar-refractivity contribution in [3.8, 4) is 0 Å². The van der Waals surface area contributed by atoms with Crippen LogP contribution in [0.3, 0.4) is 0 Å². The molecule has 1 aliphatic heterocycles. The summed E-state index contributed by atoms with van der Waals surface area (Å²) >= 11 is 0. The molecule has 1 aromatic rings.